The fraction of sp³-hybridized carbons (Fsp3) is 0.455. The number of aromatic nitrogens is 3. The lowest BCUT2D eigenvalue weighted by atomic mass is 9.93. The van der Waals surface area contributed by atoms with Crippen molar-refractivity contribution >= 4 is 11.3 Å². The van der Waals surface area contributed by atoms with Gasteiger partial charge in [-0.05, 0) is 19.3 Å². The van der Waals surface area contributed by atoms with Crippen LogP contribution in [-0.2, 0) is 6.18 Å². The molecule has 0 radical (unpaired) electrons. The maximum atomic E-state index is 12.6. The Morgan fingerprint density at radius 3 is 2.72 bits per heavy atom. The van der Waals surface area contributed by atoms with E-state index in [9.17, 15) is 13.2 Å². The van der Waals surface area contributed by atoms with Crippen LogP contribution in [-0.4, -0.2) is 20.6 Å². The number of halogens is 3. The maximum Gasteiger partial charge on any atom is 0.435 e. The van der Waals surface area contributed by atoms with E-state index in [1.165, 1.54) is 16.9 Å². The second-order valence-electron chi connectivity index (χ2n) is 4.41. The highest BCUT2D eigenvalue weighted by Crippen LogP contribution is 2.31. The molecule has 0 spiro atoms. The first-order chi connectivity index (χ1) is 8.54. The van der Waals surface area contributed by atoms with Gasteiger partial charge in [-0.25, -0.2) is 9.50 Å². The lowest BCUT2D eigenvalue weighted by Gasteiger charge is -2.26. The van der Waals surface area contributed by atoms with Gasteiger partial charge in [0.15, 0.2) is 11.5 Å². The van der Waals surface area contributed by atoms with Crippen LogP contribution in [0.1, 0.15) is 25.0 Å². The Bertz CT molecular complexity index is 571. The second-order valence-corrected chi connectivity index (χ2v) is 4.41. The standard InChI is InChI=1S/C11H11F3N4/c12-11(13,14)9-6-8-10(16-7-2-1-3-7)15-4-5-18(8)17-9/h4-7H,1-3H2,(H,15,16). The first-order valence-electron chi connectivity index (χ1n) is 5.72. The smallest absolute Gasteiger partial charge is 0.366 e. The average Bonchev–Trinajstić information content (AvgIpc) is 2.67. The molecule has 1 aliphatic rings. The van der Waals surface area contributed by atoms with Gasteiger partial charge < -0.3 is 5.32 Å². The molecular weight excluding hydrogens is 245 g/mol. The molecule has 0 bridgehead atoms. The number of alkyl halides is 3. The van der Waals surface area contributed by atoms with Crippen molar-refractivity contribution in [3.05, 3.63) is 24.2 Å². The average molecular weight is 256 g/mol. The first-order valence-corrected chi connectivity index (χ1v) is 5.72. The zero-order valence-electron chi connectivity index (χ0n) is 9.41. The molecule has 0 aliphatic heterocycles. The lowest BCUT2D eigenvalue weighted by molar-refractivity contribution is -0.141. The molecule has 18 heavy (non-hydrogen) atoms. The summed E-state index contributed by atoms with van der Waals surface area (Å²) in [6.07, 6.45) is 1.64. The lowest BCUT2D eigenvalue weighted by Crippen LogP contribution is -2.27. The Morgan fingerprint density at radius 2 is 2.11 bits per heavy atom. The number of hydrogen-bond donors (Lipinski definition) is 1. The van der Waals surface area contributed by atoms with E-state index in [-0.39, 0.29) is 0 Å². The Balaban J connectivity index is 2.01. The van der Waals surface area contributed by atoms with Gasteiger partial charge in [0.25, 0.3) is 0 Å². The third-order valence-corrected chi connectivity index (χ3v) is 3.13. The fourth-order valence-corrected chi connectivity index (χ4v) is 1.92. The number of nitrogens with one attached hydrogen (secondary N) is 1. The molecule has 1 aliphatic carbocycles. The van der Waals surface area contributed by atoms with Gasteiger partial charge >= 0.3 is 6.18 Å². The quantitative estimate of drug-likeness (QED) is 0.898. The van der Waals surface area contributed by atoms with E-state index in [0.29, 0.717) is 17.4 Å². The maximum absolute atomic E-state index is 12.6. The summed E-state index contributed by atoms with van der Waals surface area (Å²) >= 11 is 0. The van der Waals surface area contributed by atoms with Gasteiger partial charge in [-0.1, -0.05) is 0 Å². The largest absolute Gasteiger partial charge is 0.435 e. The van der Waals surface area contributed by atoms with Crippen LogP contribution in [0.5, 0.6) is 0 Å². The van der Waals surface area contributed by atoms with Crippen LogP contribution >= 0.6 is 0 Å². The predicted octanol–water partition coefficient (Wildman–Crippen LogP) is 2.71. The van der Waals surface area contributed by atoms with Crippen LogP contribution in [0.3, 0.4) is 0 Å². The summed E-state index contributed by atoms with van der Waals surface area (Å²) in [5.74, 6) is 0.463. The van der Waals surface area contributed by atoms with Gasteiger partial charge in [-0.2, -0.15) is 18.3 Å². The topological polar surface area (TPSA) is 42.2 Å². The van der Waals surface area contributed by atoms with Gasteiger partial charge in [-0.15, -0.1) is 0 Å². The molecule has 1 fully saturated rings. The Labute approximate surface area is 101 Å². The molecule has 1 N–H and O–H groups in total. The Hall–Kier alpha value is -1.79. The number of fused-ring (bicyclic) bond motifs is 1. The molecule has 4 nitrogen and oxygen atoms in total. The van der Waals surface area contributed by atoms with Crippen molar-refractivity contribution in [2.24, 2.45) is 0 Å². The molecule has 3 rings (SSSR count). The van der Waals surface area contributed by atoms with E-state index in [1.807, 2.05) is 0 Å². The zero-order chi connectivity index (χ0) is 12.8. The van der Waals surface area contributed by atoms with Crippen molar-refractivity contribution in [2.75, 3.05) is 5.32 Å². The zero-order valence-corrected chi connectivity index (χ0v) is 9.41. The third-order valence-electron chi connectivity index (χ3n) is 3.13. The van der Waals surface area contributed by atoms with Crippen molar-refractivity contribution in [2.45, 2.75) is 31.5 Å². The van der Waals surface area contributed by atoms with Crippen LogP contribution < -0.4 is 5.32 Å². The van der Waals surface area contributed by atoms with E-state index in [2.05, 4.69) is 15.4 Å². The summed E-state index contributed by atoms with van der Waals surface area (Å²) in [7, 11) is 0. The van der Waals surface area contributed by atoms with E-state index < -0.39 is 11.9 Å². The Kier molecular flexibility index (Phi) is 2.42. The van der Waals surface area contributed by atoms with Crippen LogP contribution in [0.15, 0.2) is 18.5 Å². The van der Waals surface area contributed by atoms with E-state index >= 15 is 0 Å². The van der Waals surface area contributed by atoms with Crippen LogP contribution in [0.2, 0.25) is 0 Å². The second kappa shape index (κ2) is 3.86. The monoisotopic (exact) mass is 256 g/mol. The van der Waals surface area contributed by atoms with Crippen molar-refractivity contribution in [3.8, 4) is 0 Å². The van der Waals surface area contributed by atoms with Gasteiger partial charge in [0.1, 0.15) is 5.52 Å². The fourth-order valence-electron chi connectivity index (χ4n) is 1.92. The Morgan fingerprint density at radius 1 is 1.33 bits per heavy atom. The number of anilines is 1. The summed E-state index contributed by atoms with van der Waals surface area (Å²) in [5.41, 5.74) is -0.538. The van der Waals surface area contributed by atoms with Gasteiger partial charge in [0.2, 0.25) is 0 Å². The van der Waals surface area contributed by atoms with E-state index in [4.69, 9.17) is 0 Å². The minimum absolute atomic E-state index is 0.313. The minimum Gasteiger partial charge on any atom is -0.366 e. The minimum atomic E-state index is -4.43. The highest BCUT2D eigenvalue weighted by atomic mass is 19.4. The number of nitrogens with zero attached hydrogens (tertiary/aromatic N) is 3. The highest BCUT2D eigenvalue weighted by Gasteiger charge is 2.34. The van der Waals surface area contributed by atoms with Crippen molar-refractivity contribution in [3.63, 3.8) is 0 Å². The number of rotatable bonds is 2. The van der Waals surface area contributed by atoms with Crippen molar-refractivity contribution in [1.29, 1.82) is 0 Å². The summed E-state index contributed by atoms with van der Waals surface area (Å²) in [4.78, 5) is 4.08. The van der Waals surface area contributed by atoms with Gasteiger partial charge in [-0.3, -0.25) is 0 Å². The van der Waals surface area contributed by atoms with E-state index in [0.717, 1.165) is 25.3 Å². The normalized spacial score (nSPS) is 16.8. The molecule has 0 atom stereocenters. The summed E-state index contributed by atoms with van der Waals surface area (Å²) < 4.78 is 38.9. The summed E-state index contributed by atoms with van der Waals surface area (Å²) in [6, 6.07) is 1.33. The van der Waals surface area contributed by atoms with Gasteiger partial charge in [0, 0.05) is 24.5 Å². The van der Waals surface area contributed by atoms with Crippen molar-refractivity contribution < 1.29 is 13.2 Å². The third kappa shape index (κ3) is 1.89. The number of hydrogen-bond acceptors (Lipinski definition) is 3. The predicted molar refractivity (Wildman–Crippen MR) is 59.3 cm³/mol. The van der Waals surface area contributed by atoms with Crippen molar-refractivity contribution in [1.82, 2.24) is 14.6 Å². The molecule has 2 aromatic heterocycles. The molecule has 7 heteroatoms. The molecule has 96 valence electrons. The molecule has 1 saturated carbocycles. The SMILES string of the molecule is FC(F)(F)c1cc2c(NC3CCC3)nccn2n1. The first kappa shape index (κ1) is 11.3. The summed E-state index contributed by atoms with van der Waals surface area (Å²) in [6.45, 7) is 0. The van der Waals surface area contributed by atoms with Crippen LogP contribution in [0.25, 0.3) is 5.52 Å². The molecule has 2 heterocycles. The highest BCUT2D eigenvalue weighted by molar-refractivity contribution is 5.68. The molecular formula is C11H11F3N4. The van der Waals surface area contributed by atoms with E-state index in [1.54, 1.807) is 0 Å². The van der Waals surface area contributed by atoms with Gasteiger partial charge in [0.05, 0.1) is 0 Å². The van der Waals surface area contributed by atoms with Crippen LogP contribution in [0.4, 0.5) is 19.0 Å². The summed E-state index contributed by atoms with van der Waals surface area (Å²) in [5, 5.41) is 6.65. The molecule has 0 amide bonds. The molecule has 0 unspecified atom stereocenters. The molecule has 0 saturated heterocycles. The van der Waals surface area contributed by atoms with Crippen LogP contribution in [0, 0.1) is 0 Å². The molecule has 2 aromatic rings. The molecule has 0 aromatic carbocycles.